The van der Waals surface area contributed by atoms with Crippen LogP contribution in [-0.2, 0) is 0 Å². The molecule has 1 atom stereocenters. The molecule has 0 amide bonds. The summed E-state index contributed by atoms with van der Waals surface area (Å²) >= 11 is 6.19. The third-order valence-electron chi connectivity index (χ3n) is 4.11. The van der Waals surface area contributed by atoms with Gasteiger partial charge < -0.3 is 10.1 Å². The summed E-state index contributed by atoms with van der Waals surface area (Å²) < 4.78 is 5.28. The minimum absolute atomic E-state index is 0.387. The highest BCUT2D eigenvalue weighted by molar-refractivity contribution is 6.33. The van der Waals surface area contributed by atoms with Gasteiger partial charge in [-0.3, -0.25) is 0 Å². The molecule has 118 valence electrons. The van der Waals surface area contributed by atoms with Crippen LogP contribution < -0.4 is 10.1 Å². The first kappa shape index (κ1) is 15.7. The number of para-hydroxylation sites is 1. The molecule has 1 N–H and O–H groups in total. The average Bonchev–Trinajstić information content (AvgIpc) is 2.59. The van der Waals surface area contributed by atoms with Crippen LogP contribution in [0.1, 0.15) is 18.4 Å². The summed E-state index contributed by atoms with van der Waals surface area (Å²) in [4.78, 5) is 0. The van der Waals surface area contributed by atoms with Gasteiger partial charge >= 0.3 is 0 Å². The molecule has 0 saturated carbocycles. The van der Waals surface area contributed by atoms with Crippen molar-refractivity contribution in [3.8, 4) is 5.75 Å². The third-order valence-corrected chi connectivity index (χ3v) is 4.44. The number of benzene rings is 3. The maximum absolute atomic E-state index is 6.19. The highest BCUT2D eigenvalue weighted by Gasteiger charge is 2.08. The zero-order chi connectivity index (χ0) is 16.2. The maximum atomic E-state index is 6.19. The van der Waals surface area contributed by atoms with E-state index in [0.717, 1.165) is 23.0 Å². The number of hydrogen-bond acceptors (Lipinski definition) is 2. The lowest BCUT2D eigenvalue weighted by Crippen LogP contribution is -2.10. The first-order valence-corrected chi connectivity index (χ1v) is 8.11. The molecule has 3 rings (SSSR count). The van der Waals surface area contributed by atoms with Crippen LogP contribution in [0.3, 0.4) is 0 Å². The average molecular weight is 326 g/mol. The summed E-state index contributed by atoms with van der Waals surface area (Å²) in [6.07, 6.45) is 0. The number of hydrogen-bond donors (Lipinski definition) is 1. The Balaban J connectivity index is 1.75. The summed E-state index contributed by atoms with van der Waals surface area (Å²) in [6, 6.07) is 20.6. The molecule has 3 aromatic carbocycles. The van der Waals surface area contributed by atoms with E-state index in [4.69, 9.17) is 16.3 Å². The summed E-state index contributed by atoms with van der Waals surface area (Å²) in [5.74, 6) is 1.27. The molecular formula is C20H20ClNO. The van der Waals surface area contributed by atoms with Gasteiger partial charge in [0.25, 0.3) is 0 Å². The van der Waals surface area contributed by atoms with Crippen molar-refractivity contribution in [2.24, 2.45) is 0 Å². The molecule has 23 heavy (non-hydrogen) atoms. The van der Waals surface area contributed by atoms with Crippen LogP contribution in [0.4, 0.5) is 5.69 Å². The second-order valence-corrected chi connectivity index (χ2v) is 6.14. The monoisotopic (exact) mass is 325 g/mol. The zero-order valence-corrected chi connectivity index (χ0v) is 14.1. The fourth-order valence-electron chi connectivity index (χ4n) is 2.66. The number of anilines is 1. The molecule has 1 unspecified atom stereocenters. The summed E-state index contributed by atoms with van der Waals surface area (Å²) in [6.45, 7) is 3.06. The molecule has 0 saturated heterocycles. The Labute approximate surface area is 142 Å². The molecule has 0 radical (unpaired) electrons. The number of halogens is 1. The van der Waals surface area contributed by atoms with Crippen LogP contribution in [0.15, 0.2) is 60.7 Å². The Morgan fingerprint density at radius 2 is 1.74 bits per heavy atom. The van der Waals surface area contributed by atoms with E-state index in [9.17, 15) is 0 Å². The molecule has 0 bridgehead atoms. The first-order valence-electron chi connectivity index (χ1n) is 7.73. The van der Waals surface area contributed by atoms with Gasteiger partial charge in [-0.15, -0.1) is 0 Å². The predicted molar refractivity (Wildman–Crippen MR) is 98.9 cm³/mol. The van der Waals surface area contributed by atoms with Crippen LogP contribution in [0, 0.1) is 0 Å². The molecule has 0 fully saturated rings. The summed E-state index contributed by atoms with van der Waals surface area (Å²) in [7, 11) is 1.69. The van der Waals surface area contributed by atoms with Crippen molar-refractivity contribution >= 4 is 28.1 Å². The first-order chi connectivity index (χ1) is 11.2. The Morgan fingerprint density at radius 3 is 2.52 bits per heavy atom. The van der Waals surface area contributed by atoms with Crippen molar-refractivity contribution in [2.45, 2.75) is 12.8 Å². The molecular weight excluding hydrogens is 306 g/mol. The van der Waals surface area contributed by atoms with Crippen molar-refractivity contribution in [3.05, 3.63) is 71.2 Å². The standard InChI is InChI=1S/C20H20ClNO/c1-14(13-22-20-6-4-3-5-19(20)21)15-7-8-17-12-18(23-2)10-9-16(17)11-15/h3-12,14,22H,13H2,1-2H3. The number of methoxy groups -OCH3 is 1. The smallest absolute Gasteiger partial charge is 0.119 e. The predicted octanol–water partition coefficient (Wildman–Crippen LogP) is 5.72. The van der Waals surface area contributed by atoms with E-state index in [2.05, 4.69) is 42.6 Å². The summed E-state index contributed by atoms with van der Waals surface area (Å²) in [5, 5.41) is 6.60. The van der Waals surface area contributed by atoms with Gasteiger partial charge in [0.2, 0.25) is 0 Å². The lowest BCUT2D eigenvalue weighted by Gasteiger charge is -2.16. The highest BCUT2D eigenvalue weighted by atomic mass is 35.5. The van der Waals surface area contributed by atoms with Crippen molar-refractivity contribution in [3.63, 3.8) is 0 Å². The van der Waals surface area contributed by atoms with Gasteiger partial charge in [-0.1, -0.05) is 54.9 Å². The number of ether oxygens (including phenoxy) is 1. The lowest BCUT2D eigenvalue weighted by molar-refractivity contribution is 0.415. The minimum Gasteiger partial charge on any atom is -0.497 e. The SMILES string of the molecule is COc1ccc2cc(C(C)CNc3ccccc3Cl)ccc2c1. The van der Waals surface area contributed by atoms with Gasteiger partial charge in [0.05, 0.1) is 17.8 Å². The van der Waals surface area contributed by atoms with Gasteiger partial charge in [0.1, 0.15) is 5.75 Å². The molecule has 0 heterocycles. The molecule has 3 heteroatoms. The normalized spacial score (nSPS) is 12.1. The van der Waals surface area contributed by atoms with Gasteiger partial charge in [0, 0.05) is 6.54 Å². The lowest BCUT2D eigenvalue weighted by atomic mass is 9.97. The molecule has 2 nitrogen and oxygen atoms in total. The topological polar surface area (TPSA) is 21.3 Å². The van der Waals surface area contributed by atoms with Crippen LogP contribution in [0.25, 0.3) is 10.8 Å². The van der Waals surface area contributed by atoms with E-state index in [0.29, 0.717) is 5.92 Å². The molecule has 3 aromatic rings. The van der Waals surface area contributed by atoms with E-state index in [1.165, 1.54) is 16.3 Å². The van der Waals surface area contributed by atoms with Crippen molar-refractivity contribution in [1.29, 1.82) is 0 Å². The Bertz CT molecular complexity index is 816. The van der Waals surface area contributed by atoms with Crippen molar-refractivity contribution in [2.75, 3.05) is 19.0 Å². The molecule has 0 aliphatic carbocycles. The Kier molecular flexibility index (Phi) is 4.73. The molecule has 0 aromatic heterocycles. The van der Waals surface area contributed by atoms with Crippen LogP contribution in [0.2, 0.25) is 5.02 Å². The van der Waals surface area contributed by atoms with Gasteiger partial charge in [-0.05, 0) is 46.5 Å². The van der Waals surface area contributed by atoms with Crippen LogP contribution in [0.5, 0.6) is 5.75 Å². The van der Waals surface area contributed by atoms with Crippen LogP contribution >= 0.6 is 11.6 Å². The van der Waals surface area contributed by atoms with Gasteiger partial charge in [0.15, 0.2) is 0 Å². The van der Waals surface area contributed by atoms with E-state index in [-0.39, 0.29) is 0 Å². The van der Waals surface area contributed by atoms with Crippen molar-refractivity contribution in [1.82, 2.24) is 0 Å². The molecule has 0 aliphatic rings. The molecule has 0 aliphatic heterocycles. The zero-order valence-electron chi connectivity index (χ0n) is 13.3. The fourth-order valence-corrected chi connectivity index (χ4v) is 2.86. The van der Waals surface area contributed by atoms with E-state index in [1.54, 1.807) is 7.11 Å². The number of nitrogens with one attached hydrogen (secondary N) is 1. The Hall–Kier alpha value is -2.19. The van der Waals surface area contributed by atoms with Crippen LogP contribution in [-0.4, -0.2) is 13.7 Å². The highest BCUT2D eigenvalue weighted by Crippen LogP contribution is 2.26. The number of fused-ring (bicyclic) bond motifs is 1. The van der Waals surface area contributed by atoms with Gasteiger partial charge in [-0.25, -0.2) is 0 Å². The maximum Gasteiger partial charge on any atom is 0.119 e. The quantitative estimate of drug-likeness (QED) is 0.648. The van der Waals surface area contributed by atoms with E-state index in [1.807, 2.05) is 30.3 Å². The second kappa shape index (κ2) is 6.93. The van der Waals surface area contributed by atoms with Gasteiger partial charge in [-0.2, -0.15) is 0 Å². The Morgan fingerprint density at radius 1 is 1.00 bits per heavy atom. The number of rotatable bonds is 5. The second-order valence-electron chi connectivity index (χ2n) is 5.73. The largest absolute Gasteiger partial charge is 0.497 e. The third kappa shape index (κ3) is 3.59. The fraction of sp³-hybridized carbons (Fsp3) is 0.200. The van der Waals surface area contributed by atoms with Crippen molar-refractivity contribution < 1.29 is 4.74 Å². The van der Waals surface area contributed by atoms with E-state index >= 15 is 0 Å². The minimum atomic E-state index is 0.387. The molecule has 0 spiro atoms. The van der Waals surface area contributed by atoms with E-state index < -0.39 is 0 Å². The summed E-state index contributed by atoms with van der Waals surface area (Å²) in [5.41, 5.74) is 2.29.